The van der Waals surface area contributed by atoms with Crippen molar-refractivity contribution in [1.82, 2.24) is 4.90 Å². The molecule has 2 heterocycles. The van der Waals surface area contributed by atoms with Gasteiger partial charge < -0.3 is 4.90 Å². The lowest BCUT2D eigenvalue weighted by atomic mass is 9.74. The molecule has 0 amide bonds. The van der Waals surface area contributed by atoms with Crippen LogP contribution in [0.15, 0.2) is 102 Å². The van der Waals surface area contributed by atoms with Gasteiger partial charge in [-0.25, -0.2) is 0 Å². The Bertz CT molecular complexity index is 898. The smallest absolute Gasteiger partial charge is 0.0857 e. The van der Waals surface area contributed by atoms with E-state index in [1.165, 1.54) is 11.1 Å². The van der Waals surface area contributed by atoms with Crippen LogP contribution in [0.25, 0.3) is 5.70 Å². The van der Waals surface area contributed by atoms with Crippen molar-refractivity contribution in [2.75, 3.05) is 0 Å². The average molecular weight is 336 g/mol. The molecule has 0 radical (unpaired) electrons. The SMILES string of the molecule is C1=NC(c2ccccc2)=CN2C(c3ccccc3)C1C2c1ccccc1. The highest BCUT2D eigenvalue weighted by Gasteiger charge is 2.48. The van der Waals surface area contributed by atoms with E-state index >= 15 is 0 Å². The Morgan fingerprint density at radius 3 is 1.65 bits per heavy atom. The second-order valence-corrected chi connectivity index (χ2v) is 6.89. The average Bonchev–Trinajstić information content (AvgIpc) is 3.03. The summed E-state index contributed by atoms with van der Waals surface area (Å²) in [5, 5.41) is 0. The second-order valence-electron chi connectivity index (χ2n) is 6.89. The van der Waals surface area contributed by atoms with Crippen molar-refractivity contribution in [3.8, 4) is 0 Å². The maximum atomic E-state index is 4.86. The Morgan fingerprint density at radius 1 is 0.615 bits per heavy atom. The molecule has 3 aromatic rings. The number of benzene rings is 3. The molecule has 0 saturated carbocycles. The summed E-state index contributed by atoms with van der Waals surface area (Å²) >= 11 is 0. The summed E-state index contributed by atoms with van der Waals surface area (Å²) in [5.41, 5.74) is 4.89. The Kier molecular flexibility index (Phi) is 3.67. The van der Waals surface area contributed by atoms with Gasteiger partial charge in [0.1, 0.15) is 0 Å². The van der Waals surface area contributed by atoms with Crippen LogP contribution in [0.1, 0.15) is 28.8 Å². The lowest BCUT2D eigenvalue weighted by molar-refractivity contribution is 0.0279. The fourth-order valence-corrected chi connectivity index (χ4v) is 4.15. The summed E-state index contributed by atoms with van der Waals surface area (Å²) in [6.07, 6.45) is 4.41. The van der Waals surface area contributed by atoms with Gasteiger partial charge in [0.15, 0.2) is 0 Å². The molecule has 3 aromatic carbocycles. The predicted octanol–water partition coefficient (Wildman–Crippen LogP) is 5.48. The quantitative estimate of drug-likeness (QED) is 0.618. The van der Waals surface area contributed by atoms with Crippen LogP contribution in [0.3, 0.4) is 0 Å². The number of hydrogen-bond acceptors (Lipinski definition) is 2. The van der Waals surface area contributed by atoms with Crippen molar-refractivity contribution in [1.29, 1.82) is 0 Å². The minimum atomic E-state index is 0.339. The van der Waals surface area contributed by atoms with Crippen molar-refractivity contribution < 1.29 is 0 Å². The first-order valence-electron chi connectivity index (χ1n) is 9.10. The molecule has 2 bridgehead atoms. The second kappa shape index (κ2) is 6.30. The van der Waals surface area contributed by atoms with Crippen molar-refractivity contribution in [2.45, 2.75) is 12.1 Å². The lowest BCUT2D eigenvalue weighted by Gasteiger charge is -2.53. The van der Waals surface area contributed by atoms with E-state index in [2.05, 4.69) is 102 Å². The summed E-state index contributed by atoms with van der Waals surface area (Å²) in [4.78, 5) is 7.34. The third kappa shape index (κ3) is 2.46. The largest absolute Gasteiger partial charge is 0.360 e. The Labute approximate surface area is 154 Å². The fraction of sp³-hybridized carbons (Fsp3) is 0.125. The van der Waals surface area contributed by atoms with Gasteiger partial charge in [0.25, 0.3) is 0 Å². The first-order valence-corrected chi connectivity index (χ1v) is 9.10. The maximum Gasteiger partial charge on any atom is 0.0857 e. The first kappa shape index (κ1) is 15.2. The van der Waals surface area contributed by atoms with Crippen molar-refractivity contribution in [3.05, 3.63) is 114 Å². The van der Waals surface area contributed by atoms with Crippen LogP contribution in [0.4, 0.5) is 0 Å². The van der Waals surface area contributed by atoms with Crippen molar-refractivity contribution >= 4 is 11.9 Å². The van der Waals surface area contributed by atoms with Gasteiger partial charge in [0.05, 0.1) is 17.8 Å². The zero-order valence-corrected chi connectivity index (χ0v) is 14.4. The van der Waals surface area contributed by atoms with Crippen LogP contribution in [0.5, 0.6) is 0 Å². The van der Waals surface area contributed by atoms with E-state index in [4.69, 9.17) is 4.99 Å². The molecule has 2 aliphatic rings. The number of hydrogen-bond donors (Lipinski definition) is 0. The molecule has 0 spiro atoms. The molecule has 2 atom stereocenters. The van der Waals surface area contributed by atoms with Crippen molar-refractivity contribution in [3.63, 3.8) is 0 Å². The highest BCUT2D eigenvalue weighted by molar-refractivity contribution is 5.79. The Hall–Kier alpha value is -3.13. The van der Waals surface area contributed by atoms with Gasteiger partial charge >= 0.3 is 0 Å². The summed E-state index contributed by atoms with van der Waals surface area (Å²) in [7, 11) is 0. The number of nitrogens with zero attached hydrogens (tertiary/aromatic N) is 2. The molecule has 5 rings (SSSR count). The van der Waals surface area contributed by atoms with Gasteiger partial charge in [0.2, 0.25) is 0 Å². The normalized spacial score (nSPS) is 23.8. The molecule has 126 valence electrons. The molecule has 1 fully saturated rings. The van der Waals surface area contributed by atoms with E-state index in [1.54, 1.807) is 0 Å². The molecule has 2 nitrogen and oxygen atoms in total. The highest BCUT2D eigenvalue weighted by atomic mass is 15.3. The predicted molar refractivity (Wildman–Crippen MR) is 107 cm³/mol. The van der Waals surface area contributed by atoms with Crippen LogP contribution in [0.2, 0.25) is 0 Å². The number of fused-ring (bicyclic) bond motifs is 2. The van der Waals surface area contributed by atoms with Gasteiger partial charge in [-0.1, -0.05) is 91.0 Å². The van der Waals surface area contributed by atoms with E-state index in [0.29, 0.717) is 18.0 Å². The summed E-state index contributed by atoms with van der Waals surface area (Å²) in [6.45, 7) is 0. The van der Waals surface area contributed by atoms with E-state index in [1.807, 2.05) is 6.07 Å². The van der Waals surface area contributed by atoms with Gasteiger partial charge in [-0.3, -0.25) is 4.99 Å². The molecule has 0 aromatic heterocycles. The molecular weight excluding hydrogens is 316 g/mol. The van der Waals surface area contributed by atoms with E-state index in [0.717, 1.165) is 11.3 Å². The van der Waals surface area contributed by atoms with E-state index in [9.17, 15) is 0 Å². The van der Waals surface area contributed by atoms with E-state index in [-0.39, 0.29) is 0 Å². The highest BCUT2D eigenvalue weighted by Crippen LogP contribution is 2.54. The molecule has 0 aliphatic carbocycles. The molecule has 1 saturated heterocycles. The third-order valence-electron chi connectivity index (χ3n) is 5.38. The Morgan fingerprint density at radius 2 is 1.12 bits per heavy atom. The Balaban J connectivity index is 1.59. The molecule has 2 heteroatoms. The molecule has 2 unspecified atom stereocenters. The van der Waals surface area contributed by atoms with Gasteiger partial charge in [0, 0.05) is 23.9 Å². The van der Waals surface area contributed by atoms with Crippen LogP contribution in [-0.2, 0) is 0 Å². The van der Waals surface area contributed by atoms with Crippen LogP contribution in [-0.4, -0.2) is 11.1 Å². The third-order valence-corrected chi connectivity index (χ3v) is 5.38. The van der Waals surface area contributed by atoms with Crippen molar-refractivity contribution in [2.24, 2.45) is 10.9 Å². The summed E-state index contributed by atoms with van der Waals surface area (Å²) in [5.74, 6) is 0.372. The maximum absolute atomic E-state index is 4.86. The summed E-state index contributed by atoms with van der Waals surface area (Å²) < 4.78 is 0. The molecule has 2 aliphatic heterocycles. The van der Waals surface area contributed by atoms with Gasteiger partial charge in [-0.15, -0.1) is 0 Å². The van der Waals surface area contributed by atoms with Gasteiger partial charge in [-0.05, 0) is 11.1 Å². The zero-order valence-electron chi connectivity index (χ0n) is 14.4. The number of aliphatic imine (C=N–C) groups is 1. The van der Waals surface area contributed by atoms with Crippen LogP contribution < -0.4 is 0 Å². The lowest BCUT2D eigenvalue weighted by Crippen LogP contribution is -2.49. The molecule has 0 N–H and O–H groups in total. The molecular formula is C24H20N2. The zero-order chi connectivity index (χ0) is 17.3. The standard InChI is InChI=1S/C24H20N2/c1-4-10-18(11-5-1)22-17-26-23(19-12-6-2-7-13-19)21(16-25-22)24(26)20-14-8-3-9-15-20/h1-17,21,23-24H. The minimum absolute atomic E-state index is 0.339. The first-order chi connectivity index (χ1) is 12.9. The molecule has 26 heavy (non-hydrogen) atoms. The topological polar surface area (TPSA) is 15.6 Å². The summed E-state index contributed by atoms with van der Waals surface area (Å²) in [6, 6.07) is 32.7. The van der Waals surface area contributed by atoms with Crippen LogP contribution in [0, 0.1) is 5.92 Å². The van der Waals surface area contributed by atoms with E-state index < -0.39 is 0 Å². The monoisotopic (exact) mass is 336 g/mol. The van der Waals surface area contributed by atoms with Crippen LogP contribution >= 0.6 is 0 Å². The van der Waals surface area contributed by atoms with Gasteiger partial charge in [-0.2, -0.15) is 0 Å². The minimum Gasteiger partial charge on any atom is -0.360 e. The fourth-order valence-electron chi connectivity index (χ4n) is 4.15. The number of rotatable bonds is 3.